The normalized spacial score (nSPS) is 24.3. The fourth-order valence-electron chi connectivity index (χ4n) is 2.18. The van der Waals surface area contributed by atoms with Crippen LogP contribution < -0.4 is 10.6 Å². The molecule has 2 unspecified atom stereocenters. The van der Waals surface area contributed by atoms with Gasteiger partial charge in [0, 0.05) is 11.3 Å². The fraction of sp³-hybridized carbons (Fsp3) is 0.643. The molecule has 19 heavy (non-hydrogen) atoms. The summed E-state index contributed by atoms with van der Waals surface area (Å²) in [7, 11) is 0. The van der Waals surface area contributed by atoms with E-state index in [0.29, 0.717) is 6.54 Å². The molecule has 0 saturated carbocycles. The van der Waals surface area contributed by atoms with Crippen molar-refractivity contribution in [2.45, 2.75) is 44.0 Å². The summed E-state index contributed by atoms with van der Waals surface area (Å²) < 4.78 is 5.47. The Morgan fingerprint density at radius 2 is 2.47 bits per heavy atom. The first-order valence-corrected chi connectivity index (χ1v) is 7.75. The maximum absolute atomic E-state index is 11.9. The van der Waals surface area contributed by atoms with Crippen molar-refractivity contribution in [2.24, 2.45) is 0 Å². The summed E-state index contributed by atoms with van der Waals surface area (Å²) in [5, 5.41) is 6.20. The lowest BCUT2D eigenvalue weighted by Gasteiger charge is -2.25. The molecular weight excluding hydrogens is 260 g/mol. The lowest BCUT2D eigenvalue weighted by atomic mass is 10.1. The minimum atomic E-state index is -0.173. The van der Waals surface area contributed by atoms with Crippen LogP contribution in [-0.2, 0) is 11.3 Å². The second-order valence-corrected chi connectivity index (χ2v) is 6.98. The van der Waals surface area contributed by atoms with Gasteiger partial charge in [0.1, 0.15) is 5.76 Å². The Bertz CT molecular complexity index is 400. The standard InChI is InChI=1S/C14H22N2O2S/c1-11(16-10-14(2)6-4-8-19-14)13(17)15-9-12-5-3-7-18-12/h3,5,7,11,16H,4,6,8-10H2,1-2H3,(H,15,17). The van der Waals surface area contributed by atoms with Crippen LogP contribution in [0.5, 0.6) is 0 Å². The largest absolute Gasteiger partial charge is 0.467 e. The predicted molar refractivity (Wildman–Crippen MR) is 78.1 cm³/mol. The highest BCUT2D eigenvalue weighted by atomic mass is 32.2. The van der Waals surface area contributed by atoms with E-state index in [0.717, 1.165) is 12.3 Å². The Morgan fingerprint density at radius 3 is 3.11 bits per heavy atom. The molecule has 106 valence electrons. The van der Waals surface area contributed by atoms with E-state index in [1.165, 1.54) is 18.6 Å². The number of amides is 1. The van der Waals surface area contributed by atoms with Gasteiger partial charge in [-0.2, -0.15) is 11.8 Å². The highest BCUT2D eigenvalue weighted by Crippen LogP contribution is 2.36. The molecule has 1 aromatic rings. The molecule has 0 aromatic carbocycles. The lowest BCUT2D eigenvalue weighted by molar-refractivity contribution is -0.123. The zero-order chi connectivity index (χ0) is 13.7. The second kappa shape index (κ2) is 6.48. The van der Waals surface area contributed by atoms with Crippen LogP contribution in [0.15, 0.2) is 22.8 Å². The molecule has 1 saturated heterocycles. The maximum Gasteiger partial charge on any atom is 0.237 e. The first-order chi connectivity index (χ1) is 9.09. The average Bonchev–Trinajstić information content (AvgIpc) is 3.05. The van der Waals surface area contributed by atoms with E-state index in [1.807, 2.05) is 30.8 Å². The first kappa shape index (κ1) is 14.5. The van der Waals surface area contributed by atoms with E-state index in [9.17, 15) is 4.79 Å². The molecule has 1 fully saturated rings. The van der Waals surface area contributed by atoms with Gasteiger partial charge in [-0.05, 0) is 44.6 Å². The molecule has 1 aliphatic heterocycles. The lowest BCUT2D eigenvalue weighted by Crippen LogP contribution is -2.46. The van der Waals surface area contributed by atoms with Crippen molar-refractivity contribution in [3.8, 4) is 0 Å². The van der Waals surface area contributed by atoms with Gasteiger partial charge in [-0.25, -0.2) is 0 Å². The molecule has 1 aliphatic rings. The summed E-state index contributed by atoms with van der Waals surface area (Å²) in [6.45, 7) is 5.50. The van der Waals surface area contributed by atoms with Gasteiger partial charge in [-0.15, -0.1) is 0 Å². The number of hydrogen-bond donors (Lipinski definition) is 2. The number of rotatable bonds is 6. The molecular formula is C14H22N2O2S. The SMILES string of the molecule is CC(NCC1(C)CCCS1)C(=O)NCc1ccco1. The minimum absolute atomic E-state index is 0.0167. The van der Waals surface area contributed by atoms with Crippen LogP contribution in [0.25, 0.3) is 0 Å². The van der Waals surface area contributed by atoms with Gasteiger partial charge < -0.3 is 15.1 Å². The van der Waals surface area contributed by atoms with Crippen LogP contribution in [0.2, 0.25) is 0 Å². The van der Waals surface area contributed by atoms with Gasteiger partial charge >= 0.3 is 0 Å². The Kier molecular flexibility index (Phi) is 4.93. The molecule has 2 N–H and O–H groups in total. The Labute approximate surface area is 118 Å². The molecule has 0 radical (unpaired) electrons. The van der Waals surface area contributed by atoms with Crippen LogP contribution in [0.3, 0.4) is 0 Å². The van der Waals surface area contributed by atoms with Crippen molar-refractivity contribution < 1.29 is 9.21 Å². The molecule has 1 amide bonds. The molecule has 1 aromatic heterocycles. The minimum Gasteiger partial charge on any atom is -0.467 e. The van der Waals surface area contributed by atoms with E-state index in [-0.39, 0.29) is 16.7 Å². The first-order valence-electron chi connectivity index (χ1n) is 6.76. The van der Waals surface area contributed by atoms with Crippen LogP contribution in [0.1, 0.15) is 32.4 Å². The van der Waals surface area contributed by atoms with Gasteiger partial charge in [0.2, 0.25) is 5.91 Å². The van der Waals surface area contributed by atoms with Crippen LogP contribution in [0.4, 0.5) is 0 Å². The van der Waals surface area contributed by atoms with Crippen LogP contribution in [0, 0.1) is 0 Å². The van der Waals surface area contributed by atoms with Gasteiger partial charge in [-0.1, -0.05) is 0 Å². The van der Waals surface area contributed by atoms with E-state index in [4.69, 9.17) is 4.42 Å². The topological polar surface area (TPSA) is 54.3 Å². The third kappa shape index (κ3) is 4.28. The summed E-state index contributed by atoms with van der Waals surface area (Å²) in [6.07, 6.45) is 4.12. The van der Waals surface area contributed by atoms with Crippen molar-refractivity contribution in [3.63, 3.8) is 0 Å². The Hall–Kier alpha value is -0.940. The van der Waals surface area contributed by atoms with Crippen molar-refractivity contribution in [1.82, 2.24) is 10.6 Å². The third-order valence-electron chi connectivity index (χ3n) is 3.49. The van der Waals surface area contributed by atoms with Gasteiger partial charge in [0.05, 0.1) is 18.8 Å². The molecule has 0 bridgehead atoms. The van der Waals surface area contributed by atoms with E-state index in [2.05, 4.69) is 17.6 Å². The number of thioether (sulfide) groups is 1. The maximum atomic E-state index is 11.9. The summed E-state index contributed by atoms with van der Waals surface area (Å²) >= 11 is 2.00. The molecule has 0 aliphatic carbocycles. The Morgan fingerprint density at radius 1 is 1.63 bits per heavy atom. The number of hydrogen-bond acceptors (Lipinski definition) is 4. The number of carbonyl (C=O) groups is 1. The average molecular weight is 282 g/mol. The molecule has 5 heteroatoms. The van der Waals surface area contributed by atoms with E-state index >= 15 is 0 Å². The number of nitrogens with one attached hydrogen (secondary N) is 2. The highest BCUT2D eigenvalue weighted by molar-refractivity contribution is 8.00. The van der Waals surface area contributed by atoms with Crippen LogP contribution in [-0.4, -0.2) is 29.0 Å². The summed E-state index contributed by atoms with van der Waals surface area (Å²) in [5.74, 6) is 2.03. The van der Waals surface area contributed by atoms with Crippen molar-refractivity contribution in [2.75, 3.05) is 12.3 Å². The third-order valence-corrected chi connectivity index (χ3v) is 5.03. The molecule has 2 rings (SSSR count). The molecule has 4 nitrogen and oxygen atoms in total. The van der Waals surface area contributed by atoms with Crippen molar-refractivity contribution in [1.29, 1.82) is 0 Å². The molecule has 2 heterocycles. The van der Waals surface area contributed by atoms with Crippen LogP contribution >= 0.6 is 11.8 Å². The number of furan rings is 1. The molecule has 0 spiro atoms. The summed E-state index contributed by atoms with van der Waals surface area (Å²) in [4.78, 5) is 11.9. The van der Waals surface area contributed by atoms with Gasteiger partial charge in [-0.3, -0.25) is 4.79 Å². The zero-order valence-corrected chi connectivity index (χ0v) is 12.4. The van der Waals surface area contributed by atoms with Gasteiger partial charge in [0.15, 0.2) is 0 Å². The van der Waals surface area contributed by atoms with E-state index in [1.54, 1.807) is 6.26 Å². The van der Waals surface area contributed by atoms with Crippen molar-refractivity contribution in [3.05, 3.63) is 24.2 Å². The fourth-order valence-corrected chi connectivity index (χ4v) is 3.43. The molecule has 2 atom stereocenters. The van der Waals surface area contributed by atoms with Gasteiger partial charge in [0.25, 0.3) is 0 Å². The van der Waals surface area contributed by atoms with E-state index < -0.39 is 0 Å². The monoisotopic (exact) mass is 282 g/mol. The number of carbonyl (C=O) groups excluding carboxylic acids is 1. The summed E-state index contributed by atoms with van der Waals surface area (Å²) in [6, 6.07) is 3.50. The summed E-state index contributed by atoms with van der Waals surface area (Å²) in [5.41, 5.74) is 0. The zero-order valence-electron chi connectivity index (χ0n) is 11.6. The predicted octanol–water partition coefficient (Wildman–Crippen LogP) is 2.16. The highest BCUT2D eigenvalue weighted by Gasteiger charge is 2.30. The smallest absolute Gasteiger partial charge is 0.237 e. The quantitative estimate of drug-likeness (QED) is 0.839. The second-order valence-electron chi connectivity index (χ2n) is 5.30. The van der Waals surface area contributed by atoms with Crippen molar-refractivity contribution >= 4 is 17.7 Å². The Balaban J connectivity index is 1.70.